The zero-order chi connectivity index (χ0) is 15.6. The van der Waals surface area contributed by atoms with E-state index >= 15 is 0 Å². The number of hydrogen-bond donors (Lipinski definition) is 3. The number of carboxylic acids is 1. The first kappa shape index (κ1) is 14.5. The van der Waals surface area contributed by atoms with Crippen LogP contribution in [0.1, 0.15) is 26.3 Å². The van der Waals surface area contributed by atoms with Gasteiger partial charge < -0.3 is 15.5 Å². The Labute approximate surface area is 119 Å². The van der Waals surface area contributed by atoms with Gasteiger partial charge in [-0.3, -0.25) is 4.79 Å². The first-order valence-electron chi connectivity index (χ1n) is 6.02. The molecule has 0 radical (unpaired) electrons. The summed E-state index contributed by atoms with van der Waals surface area (Å²) in [4.78, 5) is 22.8. The molecule has 0 aliphatic heterocycles. The lowest BCUT2D eigenvalue weighted by Crippen LogP contribution is -2.14. The van der Waals surface area contributed by atoms with E-state index in [0.29, 0.717) is 5.56 Å². The summed E-state index contributed by atoms with van der Waals surface area (Å²) >= 11 is 0. The van der Waals surface area contributed by atoms with Crippen LogP contribution in [0.3, 0.4) is 0 Å². The molecule has 0 heterocycles. The number of carboxylic acid groups (broad SMARTS) is 1. The average molecular weight is 289 g/mol. The van der Waals surface area contributed by atoms with Gasteiger partial charge >= 0.3 is 5.97 Å². The molecule has 6 heteroatoms. The highest BCUT2D eigenvalue weighted by Crippen LogP contribution is 2.20. The number of anilines is 1. The summed E-state index contributed by atoms with van der Waals surface area (Å²) in [6.45, 7) is 1.62. The number of phenols is 1. The summed E-state index contributed by atoms with van der Waals surface area (Å²) in [6.07, 6.45) is 0. The van der Waals surface area contributed by atoms with Crippen LogP contribution in [-0.2, 0) is 0 Å². The monoisotopic (exact) mass is 289 g/mol. The number of amides is 1. The second-order valence-electron chi connectivity index (χ2n) is 4.46. The Balaban J connectivity index is 2.28. The molecular formula is C15H12FNO4. The molecule has 1 amide bonds. The topological polar surface area (TPSA) is 86.6 Å². The fourth-order valence-electron chi connectivity index (χ4n) is 1.75. The van der Waals surface area contributed by atoms with Crippen molar-refractivity contribution in [2.45, 2.75) is 6.92 Å². The largest absolute Gasteiger partial charge is 0.508 e. The number of rotatable bonds is 3. The van der Waals surface area contributed by atoms with Gasteiger partial charge in [-0.2, -0.15) is 0 Å². The molecule has 0 bridgehead atoms. The van der Waals surface area contributed by atoms with Gasteiger partial charge in [-0.05, 0) is 48.9 Å². The van der Waals surface area contributed by atoms with Gasteiger partial charge in [0.25, 0.3) is 5.91 Å². The van der Waals surface area contributed by atoms with Crippen LogP contribution in [0.25, 0.3) is 0 Å². The summed E-state index contributed by atoms with van der Waals surface area (Å²) in [6, 6.07) is 7.32. The molecule has 0 atom stereocenters. The van der Waals surface area contributed by atoms with Crippen molar-refractivity contribution in [1.29, 1.82) is 0 Å². The van der Waals surface area contributed by atoms with E-state index in [-0.39, 0.29) is 22.6 Å². The van der Waals surface area contributed by atoms with Crippen LogP contribution in [0.15, 0.2) is 36.4 Å². The molecule has 0 aliphatic carbocycles. The van der Waals surface area contributed by atoms with E-state index in [2.05, 4.69) is 5.32 Å². The Bertz CT molecular complexity index is 728. The SMILES string of the molecule is Cc1cc(C(=O)Nc2cc(C(=O)O)ccc2F)ccc1O. The van der Waals surface area contributed by atoms with Crippen LogP contribution in [0.4, 0.5) is 10.1 Å². The summed E-state index contributed by atoms with van der Waals surface area (Å²) < 4.78 is 13.6. The van der Waals surface area contributed by atoms with Gasteiger partial charge in [0, 0.05) is 5.56 Å². The van der Waals surface area contributed by atoms with E-state index in [0.717, 1.165) is 18.2 Å². The number of aromatic carboxylic acids is 1. The van der Waals surface area contributed by atoms with E-state index in [9.17, 15) is 19.1 Å². The second-order valence-corrected chi connectivity index (χ2v) is 4.46. The van der Waals surface area contributed by atoms with E-state index < -0.39 is 17.7 Å². The van der Waals surface area contributed by atoms with Crippen LogP contribution in [0, 0.1) is 12.7 Å². The first-order valence-corrected chi connectivity index (χ1v) is 6.02. The van der Waals surface area contributed by atoms with Crippen molar-refractivity contribution in [3.63, 3.8) is 0 Å². The minimum atomic E-state index is -1.22. The highest BCUT2D eigenvalue weighted by molar-refractivity contribution is 6.05. The van der Waals surface area contributed by atoms with Crippen molar-refractivity contribution in [1.82, 2.24) is 0 Å². The van der Waals surface area contributed by atoms with E-state index in [1.165, 1.54) is 18.2 Å². The Hall–Kier alpha value is -2.89. The zero-order valence-electron chi connectivity index (χ0n) is 11.1. The summed E-state index contributed by atoms with van der Waals surface area (Å²) in [5.41, 5.74) is 0.382. The second kappa shape index (κ2) is 5.62. The fraction of sp³-hybridized carbons (Fsp3) is 0.0667. The lowest BCUT2D eigenvalue weighted by molar-refractivity contribution is 0.0696. The van der Waals surface area contributed by atoms with Crippen molar-refractivity contribution in [3.8, 4) is 5.75 Å². The molecule has 3 N–H and O–H groups in total. The van der Waals surface area contributed by atoms with Crippen LogP contribution in [0.2, 0.25) is 0 Å². The smallest absolute Gasteiger partial charge is 0.335 e. The van der Waals surface area contributed by atoms with Crippen LogP contribution >= 0.6 is 0 Å². The molecule has 21 heavy (non-hydrogen) atoms. The summed E-state index contributed by atoms with van der Waals surface area (Å²) in [7, 11) is 0. The average Bonchev–Trinajstić information content (AvgIpc) is 2.43. The molecule has 2 rings (SSSR count). The molecule has 108 valence electrons. The molecule has 0 aliphatic rings. The van der Waals surface area contributed by atoms with Gasteiger partial charge in [-0.15, -0.1) is 0 Å². The first-order chi connectivity index (χ1) is 9.88. The highest BCUT2D eigenvalue weighted by Gasteiger charge is 2.13. The summed E-state index contributed by atoms with van der Waals surface area (Å²) in [5.74, 6) is -2.50. The van der Waals surface area contributed by atoms with Gasteiger partial charge in [0.1, 0.15) is 11.6 Å². The maximum atomic E-state index is 13.6. The molecule has 0 saturated heterocycles. The molecule has 0 unspecified atom stereocenters. The number of benzene rings is 2. The van der Waals surface area contributed by atoms with E-state index in [1.54, 1.807) is 6.92 Å². The van der Waals surface area contributed by atoms with Crippen LogP contribution in [-0.4, -0.2) is 22.1 Å². The van der Waals surface area contributed by atoms with Gasteiger partial charge in [0.05, 0.1) is 11.3 Å². The summed E-state index contributed by atoms with van der Waals surface area (Å²) in [5, 5.41) is 20.6. The lowest BCUT2D eigenvalue weighted by Gasteiger charge is -2.08. The predicted octanol–water partition coefficient (Wildman–Crippen LogP) is 2.79. The number of nitrogens with one attached hydrogen (secondary N) is 1. The minimum absolute atomic E-state index is 0.0469. The number of phenolic OH excluding ortho intramolecular Hbond substituents is 1. The Morgan fingerprint density at radius 3 is 2.38 bits per heavy atom. The van der Waals surface area contributed by atoms with Gasteiger partial charge in [-0.25, -0.2) is 9.18 Å². The van der Waals surface area contributed by atoms with Gasteiger partial charge in [0.15, 0.2) is 0 Å². The van der Waals surface area contributed by atoms with Crippen LogP contribution < -0.4 is 5.32 Å². The van der Waals surface area contributed by atoms with Crippen molar-refractivity contribution in [3.05, 3.63) is 58.9 Å². The predicted molar refractivity (Wildman–Crippen MR) is 74.2 cm³/mol. The number of hydrogen-bond acceptors (Lipinski definition) is 3. The Morgan fingerprint density at radius 1 is 1.10 bits per heavy atom. The third kappa shape index (κ3) is 3.17. The Morgan fingerprint density at radius 2 is 1.76 bits per heavy atom. The van der Waals surface area contributed by atoms with Crippen molar-refractivity contribution < 1.29 is 24.2 Å². The quantitative estimate of drug-likeness (QED) is 0.811. The molecule has 0 fully saturated rings. The Kier molecular flexibility index (Phi) is 3.89. The maximum Gasteiger partial charge on any atom is 0.335 e. The molecule has 0 spiro atoms. The number of carbonyl (C=O) groups excluding carboxylic acids is 1. The lowest BCUT2D eigenvalue weighted by atomic mass is 10.1. The van der Waals surface area contributed by atoms with Gasteiger partial charge in [0.2, 0.25) is 0 Å². The molecule has 0 aromatic heterocycles. The number of aryl methyl sites for hydroxylation is 1. The van der Waals surface area contributed by atoms with Gasteiger partial charge in [-0.1, -0.05) is 0 Å². The molecular weight excluding hydrogens is 277 g/mol. The van der Waals surface area contributed by atoms with Crippen LogP contribution in [0.5, 0.6) is 5.75 Å². The number of aromatic hydroxyl groups is 1. The number of halogens is 1. The zero-order valence-corrected chi connectivity index (χ0v) is 11.1. The normalized spacial score (nSPS) is 10.2. The molecule has 0 saturated carbocycles. The third-order valence-corrected chi connectivity index (χ3v) is 2.92. The minimum Gasteiger partial charge on any atom is -0.508 e. The van der Waals surface area contributed by atoms with E-state index in [4.69, 9.17) is 5.11 Å². The highest BCUT2D eigenvalue weighted by atomic mass is 19.1. The van der Waals surface area contributed by atoms with Crippen molar-refractivity contribution >= 4 is 17.6 Å². The molecule has 2 aromatic rings. The standard InChI is InChI=1S/C15H12FNO4/c1-8-6-9(3-5-13(8)18)14(19)17-12-7-10(15(20)21)2-4-11(12)16/h2-7,18H,1H3,(H,17,19)(H,20,21). The van der Waals surface area contributed by atoms with Crippen molar-refractivity contribution in [2.24, 2.45) is 0 Å². The maximum absolute atomic E-state index is 13.6. The molecule has 5 nitrogen and oxygen atoms in total. The van der Waals surface area contributed by atoms with E-state index in [1.807, 2.05) is 0 Å². The molecule has 2 aromatic carbocycles. The number of carbonyl (C=O) groups is 2. The fourth-order valence-corrected chi connectivity index (χ4v) is 1.75. The third-order valence-electron chi connectivity index (χ3n) is 2.92. The van der Waals surface area contributed by atoms with Crippen molar-refractivity contribution in [2.75, 3.05) is 5.32 Å².